The number of nitrogens with zero attached hydrogens (tertiary/aromatic N) is 2. The molecule has 34 heavy (non-hydrogen) atoms. The molecule has 0 radical (unpaired) electrons. The standard InChI is InChI=1S/C26H34N4O4/c1-2-34-23-13-11-21(12-14-23)20-28-29-26(32)24(30-16-18-33-19-17-30)10-6-7-15-27-25(31)22-8-4-3-5-9-22/h3-5,8-9,11-14,20,24H,2,6-7,10,15-19H2,1H3,(H,27,31)(H,29,32)/b28-20+/t24-/m1/s1. The molecule has 1 fully saturated rings. The molecule has 2 aromatic rings. The van der Waals surface area contributed by atoms with E-state index in [1.807, 2.05) is 49.4 Å². The molecule has 0 unspecified atom stereocenters. The molecule has 0 aliphatic carbocycles. The quantitative estimate of drug-likeness (QED) is 0.285. The van der Waals surface area contributed by atoms with Crippen LogP contribution in [0.5, 0.6) is 5.75 Å². The second-order valence-corrected chi connectivity index (χ2v) is 8.02. The van der Waals surface area contributed by atoms with E-state index in [0.717, 1.165) is 24.2 Å². The van der Waals surface area contributed by atoms with Gasteiger partial charge < -0.3 is 14.8 Å². The fraction of sp³-hybridized carbons (Fsp3) is 0.423. The fourth-order valence-corrected chi connectivity index (χ4v) is 3.79. The number of unbranched alkanes of at least 4 members (excludes halogenated alkanes) is 1. The molecule has 2 N–H and O–H groups in total. The molecule has 0 spiro atoms. The summed E-state index contributed by atoms with van der Waals surface area (Å²) in [4.78, 5) is 27.2. The summed E-state index contributed by atoms with van der Waals surface area (Å²) >= 11 is 0. The maximum atomic E-state index is 12.9. The van der Waals surface area contributed by atoms with Crippen molar-refractivity contribution in [1.82, 2.24) is 15.6 Å². The summed E-state index contributed by atoms with van der Waals surface area (Å²) in [7, 11) is 0. The molecule has 2 amide bonds. The Morgan fingerprint density at radius 2 is 1.82 bits per heavy atom. The van der Waals surface area contributed by atoms with Crippen LogP contribution in [0.1, 0.15) is 42.1 Å². The lowest BCUT2D eigenvalue weighted by atomic mass is 10.1. The summed E-state index contributed by atoms with van der Waals surface area (Å²) in [6.45, 7) is 5.79. The number of nitrogens with one attached hydrogen (secondary N) is 2. The van der Waals surface area contributed by atoms with Gasteiger partial charge in [0.25, 0.3) is 11.8 Å². The highest BCUT2D eigenvalue weighted by molar-refractivity contribution is 5.94. The number of rotatable bonds is 12. The van der Waals surface area contributed by atoms with Crippen LogP contribution in [0.3, 0.4) is 0 Å². The molecule has 1 aliphatic rings. The monoisotopic (exact) mass is 466 g/mol. The molecule has 1 heterocycles. The van der Waals surface area contributed by atoms with E-state index in [2.05, 4.69) is 20.7 Å². The van der Waals surface area contributed by atoms with Crippen molar-refractivity contribution in [3.8, 4) is 5.75 Å². The number of benzene rings is 2. The van der Waals surface area contributed by atoms with Gasteiger partial charge in [0, 0.05) is 25.2 Å². The summed E-state index contributed by atoms with van der Waals surface area (Å²) in [5.41, 5.74) is 4.22. The van der Waals surface area contributed by atoms with Crippen molar-refractivity contribution in [1.29, 1.82) is 0 Å². The summed E-state index contributed by atoms with van der Waals surface area (Å²) in [5.74, 6) is 0.597. The molecule has 1 saturated heterocycles. The van der Waals surface area contributed by atoms with Crippen LogP contribution in [0.15, 0.2) is 59.7 Å². The van der Waals surface area contributed by atoms with E-state index in [1.54, 1.807) is 18.3 Å². The van der Waals surface area contributed by atoms with Crippen molar-refractivity contribution in [3.05, 3.63) is 65.7 Å². The van der Waals surface area contributed by atoms with Crippen LogP contribution >= 0.6 is 0 Å². The largest absolute Gasteiger partial charge is 0.494 e. The molecular weight excluding hydrogens is 432 g/mol. The van der Waals surface area contributed by atoms with E-state index >= 15 is 0 Å². The molecule has 1 aliphatic heterocycles. The predicted molar refractivity (Wildman–Crippen MR) is 132 cm³/mol. The second-order valence-electron chi connectivity index (χ2n) is 8.02. The normalized spacial score (nSPS) is 15.1. The zero-order valence-corrected chi connectivity index (χ0v) is 19.7. The highest BCUT2D eigenvalue weighted by atomic mass is 16.5. The third-order valence-electron chi connectivity index (χ3n) is 5.59. The van der Waals surface area contributed by atoms with Gasteiger partial charge in [0.1, 0.15) is 5.75 Å². The van der Waals surface area contributed by atoms with Gasteiger partial charge >= 0.3 is 0 Å². The number of amides is 2. The Hall–Kier alpha value is -3.23. The topological polar surface area (TPSA) is 92.3 Å². The zero-order valence-electron chi connectivity index (χ0n) is 19.7. The smallest absolute Gasteiger partial charge is 0.257 e. The Morgan fingerprint density at radius 3 is 2.53 bits per heavy atom. The van der Waals surface area contributed by atoms with E-state index < -0.39 is 0 Å². The van der Waals surface area contributed by atoms with Crippen LogP contribution in [0, 0.1) is 0 Å². The minimum Gasteiger partial charge on any atom is -0.494 e. The Balaban J connectivity index is 1.47. The van der Waals surface area contributed by atoms with Crippen molar-refractivity contribution in [3.63, 3.8) is 0 Å². The van der Waals surface area contributed by atoms with Gasteiger partial charge in [-0.05, 0) is 68.1 Å². The lowest BCUT2D eigenvalue weighted by Gasteiger charge is -2.33. The van der Waals surface area contributed by atoms with E-state index in [0.29, 0.717) is 51.4 Å². The third kappa shape index (κ3) is 8.28. The first-order valence-corrected chi connectivity index (χ1v) is 11.9. The average molecular weight is 467 g/mol. The molecule has 0 bridgehead atoms. The number of hydrogen-bond acceptors (Lipinski definition) is 6. The van der Waals surface area contributed by atoms with Crippen molar-refractivity contribution in [2.24, 2.45) is 5.10 Å². The molecule has 1 atom stereocenters. The van der Waals surface area contributed by atoms with Crippen LogP contribution in [0.25, 0.3) is 0 Å². The molecule has 0 aromatic heterocycles. The number of carbonyl (C=O) groups excluding carboxylic acids is 2. The van der Waals surface area contributed by atoms with Crippen LogP contribution in [-0.2, 0) is 9.53 Å². The van der Waals surface area contributed by atoms with Gasteiger partial charge in [0.2, 0.25) is 0 Å². The number of morpholine rings is 1. The van der Waals surface area contributed by atoms with Gasteiger partial charge in [-0.1, -0.05) is 18.2 Å². The average Bonchev–Trinajstić information content (AvgIpc) is 2.88. The highest BCUT2D eigenvalue weighted by Gasteiger charge is 2.26. The Labute approximate surface area is 201 Å². The van der Waals surface area contributed by atoms with E-state index in [4.69, 9.17) is 9.47 Å². The van der Waals surface area contributed by atoms with Gasteiger partial charge in [-0.3, -0.25) is 14.5 Å². The van der Waals surface area contributed by atoms with E-state index in [9.17, 15) is 9.59 Å². The lowest BCUT2D eigenvalue weighted by molar-refractivity contribution is -0.128. The number of hydrazone groups is 1. The van der Waals surface area contributed by atoms with Crippen molar-refractivity contribution >= 4 is 18.0 Å². The minimum atomic E-state index is -0.286. The number of carbonyl (C=O) groups is 2. The van der Waals surface area contributed by atoms with Gasteiger partial charge in [-0.25, -0.2) is 5.43 Å². The molecule has 8 heteroatoms. The van der Waals surface area contributed by atoms with Crippen LogP contribution in [-0.4, -0.2) is 68.4 Å². The maximum absolute atomic E-state index is 12.9. The van der Waals surface area contributed by atoms with Crippen molar-refractivity contribution < 1.29 is 19.1 Å². The SMILES string of the molecule is CCOc1ccc(/C=N/NC(=O)[C@@H](CCCCNC(=O)c2ccccc2)N2CCOCC2)cc1. The molecule has 0 saturated carbocycles. The van der Waals surface area contributed by atoms with Gasteiger partial charge in [0.05, 0.1) is 32.1 Å². The van der Waals surface area contributed by atoms with E-state index in [-0.39, 0.29) is 17.9 Å². The fourth-order valence-electron chi connectivity index (χ4n) is 3.79. The first-order chi connectivity index (χ1) is 16.7. The third-order valence-corrected chi connectivity index (χ3v) is 5.59. The van der Waals surface area contributed by atoms with Crippen molar-refractivity contribution in [2.75, 3.05) is 39.5 Å². The number of hydrogen-bond donors (Lipinski definition) is 2. The second kappa shape index (κ2) is 14.1. The molecular formula is C26H34N4O4. The summed E-state index contributed by atoms with van der Waals surface area (Å²) < 4.78 is 10.9. The zero-order chi connectivity index (χ0) is 24.0. The maximum Gasteiger partial charge on any atom is 0.257 e. The first-order valence-electron chi connectivity index (χ1n) is 11.9. The van der Waals surface area contributed by atoms with Crippen molar-refractivity contribution in [2.45, 2.75) is 32.2 Å². The Morgan fingerprint density at radius 1 is 1.09 bits per heavy atom. The predicted octanol–water partition coefficient (Wildman–Crippen LogP) is 2.84. The molecule has 3 rings (SSSR count). The summed E-state index contributed by atoms with van der Waals surface area (Å²) in [5, 5.41) is 7.09. The van der Waals surface area contributed by atoms with Gasteiger partial charge in [-0.15, -0.1) is 0 Å². The van der Waals surface area contributed by atoms with Crippen LogP contribution < -0.4 is 15.5 Å². The molecule has 8 nitrogen and oxygen atoms in total. The van der Waals surface area contributed by atoms with Crippen LogP contribution in [0.4, 0.5) is 0 Å². The summed E-state index contributed by atoms with van der Waals surface area (Å²) in [6, 6.07) is 16.4. The molecule has 182 valence electrons. The minimum absolute atomic E-state index is 0.0771. The first kappa shape index (κ1) is 25.4. The van der Waals surface area contributed by atoms with Crippen LogP contribution in [0.2, 0.25) is 0 Å². The van der Waals surface area contributed by atoms with E-state index in [1.165, 1.54) is 0 Å². The summed E-state index contributed by atoms with van der Waals surface area (Å²) in [6.07, 6.45) is 3.92. The Bertz CT molecular complexity index is 912. The highest BCUT2D eigenvalue weighted by Crippen LogP contribution is 2.13. The molecule has 2 aromatic carbocycles. The number of ether oxygens (including phenoxy) is 2. The lowest BCUT2D eigenvalue weighted by Crippen LogP contribution is -2.50. The van der Waals surface area contributed by atoms with Gasteiger partial charge in [0.15, 0.2) is 0 Å². The Kier molecular flexibility index (Phi) is 10.5. The van der Waals surface area contributed by atoms with Gasteiger partial charge in [-0.2, -0.15) is 5.10 Å².